The molecule has 25 heavy (non-hydrogen) atoms. The van der Waals surface area contributed by atoms with Gasteiger partial charge in [-0.15, -0.1) is 0 Å². The second-order valence-corrected chi connectivity index (χ2v) is 6.63. The highest BCUT2D eigenvalue weighted by Gasteiger charge is 2.44. The molecule has 2 aromatic rings. The predicted molar refractivity (Wildman–Crippen MR) is 92.1 cm³/mol. The van der Waals surface area contributed by atoms with Gasteiger partial charge in [-0.1, -0.05) is 35.9 Å². The molecular formula is C19H17ClFNO3. The van der Waals surface area contributed by atoms with E-state index in [0.29, 0.717) is 10.6 Å². The highest BCUT2D eigenvalue weighted by atomic mass is 35.5. The Morgan fingerprint density at radius 2 is 1.96 bits per heavy atom. The van der Waals surface area contributed by atoms with Gasteiger partial charge in [-0.2, -0.15) is 0 Å². The van der Waals surface area contributed by atoms with Crippen LogP contribution in [0.3, 0.4) is 0 Å². The van der Waals surface area contributed by atoms with Crippen LogP contribution in [0.25, 0.3) is 0 Å². The van der Waals surface area contributed by atoms with Crippen molar-refractivity contribution in [1.29, 1.82) is 0 Å². The molecule has 1 saturated carbocycles. The van der Waals surface area contributed by atoms with Crippen LogP contribution in [0.5, 0.6) is 0 Å². The largest absolute Gasteiger partial charge is 0.481 e. The number of carbonyl (C=O) groups is 2. The summed E-state index contributed by atoms with van der Waals surface area (Å²) in [4.78, 5) is 23.7. The van der Waals surface area contributed by atoms with Crippen molar-refractivity contribution in [3.8, 4) is 0 Å². The van der Waals surface area contributed by atoms with Gasteiger partial charge < -0.3 is 10.4 Å². The van der Waals surface area contributed by atoms with Gasteiger partial charge in [-0.25, -0.2) is 4.39 Å². The monoisotopic (exact) mass is 361 g/mol. The maximum atomic E-state index is 13.0. The Kier molecular flexibility index (Phi) is 5.04. The van der Waals surface area contributed by atoms with Crippen LogP contribution in [0.15, 0.2) is 48.5 Å². The fraction of sp³-hybridized carbons (Fsp3) is 0.263. The van der Waals surface area contributed by atoms with Gasteiger partial charge >= 0.3 is 5.97 Å². The highest BCUT2D eigenvalue weighted by molar-refractivity contribution is 6.30. The van der Waals surface area contributed by atoms with Gasteiger partial charge in [0.25, 0.3) is 0 Å². The summed E-state index contributed by atoms with van der Waals surface area (Å²) in [7, 11) is 0. The summed E-state index contributed by atoms with van der Waals surface area (Å²) in [5.41, 5.74) is 1.47. The first-order chi connectivity index (χ1) is 12.0. The van der Waals surface area contributed by atoms with E-state index in [1.165, 1.54) is 24.3 Å². The fourth-order valence-electron chi connectivity index (χ4n) is 2.97. The minimum absolute atomic E-state index is 0.0292. The molecule has 0 radical (unpaired) electrons. The van der Waals surface area contributed by atoms with Crippen LogP contribution < -0.4 is 5.32 Å². The number of amides is 1. The number of nitrogens with one attached hydrogen (secondary N) is 1. The number of halogens is 2. The van der Waals surface area contributed by atoms with Gasteiger partial charge in [0, 0.05) is 17.5 Å². The van der Waals surface area contributed by atoms with E-state index >= 15 is 0 Å². The number of carbonyl (C=O) groups excluding carboxylic acids is 1. The van der Waals surface area contributed by atoms with Crippen LogP contribution in [-0.4, -0.2) is 23.5 Å². The number of benzene rings is 2. The number of carboxylic acid groups (broad SMARTS) is 1. The van der Waals surface area contributed by atoms with Gasteiger partial charge in [0.2, 0.25) is 5.91 Å². The van der Waals surface area contributed by atoms with Gasteiger partial charge in [-0.05, 0) is 47.7 Å². The van der Waals surface area contributed by atoms with Crippen molar-refractivity contribution in [1.82, 2.24) is 5.32 Å². The summed E-state index contributed by atoms with van der Waals surface area (Å²) >= 11 is 5.97. The molecule has 1 aliphatic carbocycles. The molecule has 3 atom stereocenters. The number of rotatable bonds is 6. The SMILES string of the molecule is O=C(O)C(CNC(=O)C1CC1c1cccc(Cl)c1)c1ccc(F)cc1. The lowest BCUT2D eigenvalue weighted by Gasteiger charge is -2.14. The van der Waals surface area contributed by atoms with Crippen LogP contribution in [0, 0.1) is 11.7 Å². The van der Waals surface area contributed by atoms with Gasteiger partial charge in [0.15, 0.2) is 0 Å². The average Bonchev–Trinajstić information content (AvgIpc) is 3.37. The summed E-state index contributed by atoms with van der Waals surface area (Å²) in [6.07, 6.45) is 0.723. The first-order valence-electron chi connectivity index (χ1n) is 7.97. The smallest absolute Gasteiger partial charge is 0.312 e. The Bertz CT molecular complexity index is 794. The zero-order valence-corrected chi connectivity index (χ0v) is 14.0. The zero-order valence-electron chi connectivity index (χ0n) is 13.3. The van der Waals surface area contributed by atoms with Crippen LogP contribution >= 0.6 is 11.6 Å². The van der Waals surface area contributed by atoms with E-state index in [-0.39, 0.29) is 24.3 Å². The number of hydrogen-bond acceptors (Lipinski definition) is 2. The van der Waals surface area contributed by atoms with Crippen molar-refractivity contribution in [2.24, 2.45) is 5.92 Å². The van der Waals surface area contributed by atoms with E-state index in [2.05, 4.69) is 5.32 Å². The molecule has 6 heteroatoms. The molecule has 0 heterocycles. The van der Waals surface area contributed by atoms with Crippen LogP contribution in [0.1, 0.15) is 29.4 Å². The van der Waals surface area contributed by atoms with E-state index in [9.17, 15) is 19.1 Å². The zero-order chi connectivity index (χ0) is 18.0. The molecule has 0 saturated heterocycles. The van der Waals surface area contributed by atoms with Crippen molar-refractivity contribution in [2.75, 3.05) is 6.54 Å². The van der Waals surface area contributed by atoms with E-state index in [4.69, 9.17) is 11.6 Å². The van der Waals surface area contributed by atoms with E-state index in [1.54, 1.807) is 6.07 Å². The standard InChI is InChI=1S/C19H17ClFNO3/c20-13-3-1-2-12(8-13)15-9-16(15)18(23)22-10-17(19(24)25)11-4-6-14(21)7-5-11/h1-8,15-17H,9-10H2,(H,22,23)(H,24,25). The molecule has 3 unspecified atom stereocenters. The molecule has 4 nitrogen and oxygen atoms in total. The highest BCUT2D eigenvalue weighted by Crippen LogP contribution is 2.47. The first-order valence-corrected chi connectivity index (χ1v) is 8.35. The quantitative estimate of drug-likeness (QED) is 0.826. The van der Waals surface area contributed by atoms with Crippen LogP contribution in [0.2, 0.25) is 5.02 Å². The van der Waals surface area contributed by atoms with E-state index in [0.717, 1.165) is 12.0 Å². The molecule has 1 amide bonds. The average molecular weight is 362 g/mol. The Balaban J connectivity index is 1.59. The summed E-state index contributed by atoms with van der Waals surface area (Å²) in [6.45, 7) is -0.0292. The number of carboxylic acids is 1. The van der Waals surface area contributed by atoms with Crippen LogP contribution in [0.4, 0.5) is 4.39 Å². The molecule has 130 valence electrons. The first kappa shape index (κ1) is 17.4. The van der Waals surface area contributed by atoms with Crippen molar-refractivity contribution < 1.29 is 19.1 Å². The number of hydrogen-bond donors (Lipinski definition) is 2. The summed E-state index contributed by atoms with van der Waals surface area (Å²) in [6, 6.07) is 12.7. The van der Waals surface area contributed by atoms with Gasteiger partial charge in [-0.3, -0.25) is 9.59 Å². The summed E-state index contributed by atoms with van der Waals surface area (Å²) in [5.74, 6) is -2.62. The fourth-order valence-corrected chi connectivity index (χ4v) is 3.17. The minimum atomic E-state index is -1.06. The third-order valence-electron chi connectivity index (χ3n) is 4.45. The predicted octanol–water partition coefficient (Wildman–Crippen LogP) is 3.57. The van der Waals surface area contributed by atoms with Gasteiger partial charge in [0.1, 0.15) is 5.82 Å². The molecule has 1 fully saturated rings. The van der Waals surface area contributed by atoms with Crippen molar-refractivity contribution >= 4 is 23.5 Å². The molecule has 2 aromatic carbocycles. The van der Waals surface area contributed by atoms with Crippen molar-refractivity contribution in [3.05, 3.63) is 70.5 Å². The molecule has 0 bridgehead atoms. The normalized spacial score (nSPS) is 19.9. The van der Waals surface area contributed by atoms with E-state index < -0.39 is 17.7 Å². The Hall–Kier alpha value is -2.40. The van der Waals surface area contributed by atoms with Crippen molar-refractivity contribution in [3.63, 3.8) is 0 Å². The Morgan fingerprint density at radius 1 is 1.24 bits per heavy atom. The van der Waals surface area contributed by atoms with E-state index in [1.807, 2.05) is 18.2 Å². The minimum Gasteiger partial charge on any atom is -0.481 e. The maximum Gasteiger partial charge on any atom is 0.312 e. The topological polar surface area (TPSA) is 66.4 Å². The molecule has 0 aromatic heterocycles. The summed E-state index contributed by atoms with van der Waals surface area (Å²) < 4.78 is 13.0. The molecule has 1 aliphatic rings. The van der Waals surface area contributed by atoms with Crippen molar-refractivity contribution in [2.45, 2.75) is 18.3 Å². The lowest BCUT2D eigenvalue weighted by atomic mass is 9.99. The van der Waals surface area contributed by atoms with Gasteiger partial charge in [0.05, 0.1) is 5.92 Å². The molecule has 0 spiro atoms. The second kappa shape index (κ2) is 7.23. The molecule has 0 aliphatic heterocycles. The Morgan fingerprint density at radius 3 is 2.60 bits per heavy atom. The Labute approximate surface area is 149 Å². The van der Waals surface area contributed by atoms with Crippen LogP contribution in [-0.2, 0) is 9.59 Å². The summed E-state index contributed by atoms with van der Waals surface area (Å²) in [5, 5.41) is 12.7. The third kappa shape index (κ3) is 4.17. The number of aliphatic carboxylic acids is 1. The third-order valence-corrected chi connectivity index (χ3v) is 4.69. The second-order valence-electron chi connectivity index (χ2n) is 6.19. The maximum absolute atomic E-state index is 13.0. The lowest BCUT2D eigenvalue weighted by Crippen LogP contribution is -2.33. The molecular weight excluding hydrogens is 345 g/mol. The lowest BCUT2D eigenvalue weighted by molar-refractivity contribution is -0.138. The molecule has 2 N–H and O–H groups in total. The molecule has 3 rings (SSSR count).